The molecule has 114 valence electrons. The predicted octanol–water partition coefficient (Wildman–Crippen LogP) is -6.52. The molecule has 0 amide bonds. The molecule has 5 N–H and O–H groups in total. The SMILES string of the molecule is Nc1nc2c(ncn2CCCOCP(=O)(O)O)c(=O)[nH]1.[H-].[H-].[Na+].[Na+]. The van der Waals surface area contributed by atoms with Crippen LogP contribution < -0.4 is 70.4 Å². The third-order valence-corrected chi connectivity index (χ3v) is 2.96. The number of H-pyrrole nitrogens is 1. The van der Waals surface area contributed by atoms with Crippen molar-refractivity contribution < 1.29 is 81.1 Å². The molecule has 0 saturated carbocycles. The van der Waals surface area contributed by atoms with Gasteiger partial charge in [0, 0.05) is 13.2 Å². The first kappa shape index (κ1) is 22.3. The maximum atomic E-state index is 11.5. The van der Waals surface area contributed by atoms with Crippen molar-refractivity contribution in [3.05, 3.63) is 16.7 Å². The van der Waals surface area contributed by atoms with Gasteiger partial charge in [0.25, 0.3) is 5.56 Å². The Morgan fingerprint density at radius 1 is 1.45 bits per heavy atom. The van der Waals surface area contributed by atoms with Crippen molar-refractivity contribution >= 4 is 24.7 Å². The minimum atomic E-state index is -4.13. The molecule has 0 aliphatic heterocycles. The molecule has 0 aliphatic rings. The van der Waals surface area contributed by atoms with E-state index in [0.29, 0.717) is 18.6 Å². The molecule has 2 aromatic rings. The Kier molecular flexibility index (Phi) is 9.64. The zero-order chi connectivity index (χ0) is 14.8. The fourth-order valence-corrected chi connectivity index (χ4v) is 2.02. The summed E-state index contributed by atoms with van der Waals surface area (Å²) in [5, 5.41) is 0. The van der Waals surface area contributed by atoms with Gasteiger partial charge in [0.2, 0.25) is 5.95 Å². The Balaban J connectivity index is -0.00000110. The number of imidazole rings is 1. The summed E-state index contributed by atoms with van der Waals surface area (Å²) in [6.07, 6.45) is 1.33. The Morgan fingerprint density at radius 3 is 2.77 bits per heavy atom. The number of fused-ring (bicyclic) bond motifs is 1. The quantitative estimate of drug-likeness (QED) is 0.227. The second-order valence-electron chi connectivity index (χ2n) is 4.12. The van der Waals surface area contributed by atoms with Gasteiger partial charge >= 0.3 is 66.7 Å². The number of rotatable bonds is 6. The summed E-state index contributed by atoms with van der Waals surface area (Å²) >= 11 is 0. The van der Waals surface area contributed by atoms with Crippen LogP contribution in [0.5, 0.6) is 0 Å². The van der Waals surface area contributed by atoms with Crippen LogP contribution >= 0.6 is 7.60 Å². The molecule has 0 fully saturated rings. The number of aromatic nitrogens is 4. The number of aromatic amines is 1. The molecule has 0 bridgehead atoms. The van der Waals surface area contributed by atoms with Gasteiger partial charge in [-0.1, -0.05) is 0 Å². The van der Waals surface area contributed by atoms with Gasteiger partial charge in [-0.15, -0.1) is 0 Å². The second kappa shape index (κ2) is 9.53. The third kappa shape index (κ3) is 6.40. The van der Waals surface area contributed by atoms with Crippen LogP contribution in [0.1, 0.15) is 9.27 Å². The summed E-state index contributed by atoms with van der Waals surface area (Å²) < 4.78 is 17.0. The van der Waals surface area contributed by atoms with Gasteiger partial charge in [-0.05, 0) is 6.42 Å². The maximum Gasteiger partial charge on any atom is 1.00 e. The molecule has 0 aliphatic carbocycles. The minimum Gasteiger partial charge on any atom is -1.00 e. The number of hydrogen-bond donors (Lipinski definition) is 4. The first-order chi connectivity index (χ1) is 9.37. The van der Waals surface area contributed by atoms with Crippen molar-refractivity contribution in [2.75, 3.05) is 18.7 Å². The van der Waals surface area contributed by atoms with Crippen molar-refractivity contribution in [2.24, 2.45) is 0 Å². The fraction of sp³-hybridized carbons (Fsp3) is 0.444. The average molecular weight is 351 g/mol. The van der Waals surface area contributed by atoms with Gasteiger partial charge in [0.1, 0.15) is 6.35 Å². The molecule has 0 unspecified atom stereocenters. The number of nitrogens with one attached hydrogen (secondary N) is 1. The monoisotopic (exact) mass is 351 g/mol. The first-order valence-corrected chi connectivity index (χ1v) is 7.49. The van der Waals surface area contributed by atoms with E-state index in [0.717, 1.165) is 0 Å². The standard InChI is InChI=1S/C9H14N5O5P.2Na.2H/c10-9-12-7-6(8(15)13-9)11-4-14(7)2-1-3-19-5-20(16,17)18;;;;/h4H,1-3,5H2,(H2,16,17,18)(H3,10,12,13,15);;;;/q;2*+1;2*-1. The van der Waals surface area contributed by atoms with Crippen LogP contribution in [-0.4, -0.2) is 42.3 Å². The van der Waals surface area contributed by atoms with Crippen LogP contribution in [0.25, 0.3) is 11.2 Å². The van der Waals surface area contributed by atoms with Crippen molar-refractivity contribution in [1.82, 2.24) is 19.5 Å². The van der Waals surface area contributed by atoms with Crippen molar-refractivity contribution in [2.45, 2.75) is 13.0 Å². The molecule has 2 heterocycles. The summed E-state index contributed by atoms with van der Waals surface area (Å²) in [6.45, 7) is 0.608. The number of anilines is 1. The number of nitrogens with two attached hydrogens (primary N) is 1. The van der Waals surface area contributed by atoms with Crippen molar-refractivity contribution in [3.8, 4) is 0 Å². The Labute approximate surface area is 172 Å². The summed E-state index contributed by atoms with van der Waals surface area (Å²) in [4.78, 5) is 39.0. The molecule has 0 spiro atoms. The molecule has 2 rings (SSSR count). The van der Waals surface area contributed by atoms with E-state index < -0.39 is 19.5 Å². The summed E-state index contributed by atoms with van der Waals surface area (Å²) in [6, 6.07) is 0. The van der Waals surface area contributed by atoms with E-state index in [9.17, 15) is 9.36 Å². The fourth-order valence-electron chi connectivity index (χ4n) is 1.65. The molecule has 2 aromatic heterocycles. The van der Waals surface area contributed by atoms with E-state index in [1.54, 1.807) is 4.57 Å². The van der Waals surface area contributed by atoms with E-state index in [1.807, 2.05) is 0 Å². The molecule has 0 radical (unpaired) electrons. The molecular formula is C9H16N5Na2O5P. The molecule has 0 saturated heterocycles. The number of aryl methyl sites for hydroxylation is 1. The van der Waals surface area contributed by atoms with Crippen LogP contribution in [0.3, 0.4) is 0 Å². The Morgan fingerprint density at radius 2 is 2.14 bits per heavy atom. The topological polar surface area (TPSA) is 156 Å². The Bertz CT molecular complexity index is 724. The first-order valence-electron chi connectivity index (χ1n) is 5.70. The molecule has 0 atom stereocenters. The largest absolute Gasteiger partial charge is 1.00 e. The van der Waals surface area contributed by atoms with Gasteiger partial charge in [0.05, 0.1) is 6.33 Å². The number of nitrogens with zero attached hydrogens (tertiary/aromatic N) is 3. The van der Waals surface area contributed by atoms with Crippen LogP contribution in [0.4, 0.5) is 5.95 Å². The molecule has 13 heteroatoms. The van der Waals surface area contributed by atoms with Gasteiger partial charge < -0.3 is 27.7 Å². The maximum absolute atomic E-state index is 11.5. The van der Waals surface area contributed by atoms with E-state index in [-0.39, 0.29) is 80.0 Å². The number of hydrogen-bond acceptors (Lipinski definition) is 6. The predicted molar refractivity (Wildman–Crippen MR) is 72.3 cm³/mol. The van der Waals surface area contributed by atoms with Gasteiger partial charge in [-0.2, -0.15) is 4.98 Å². The van der Waals surface area contributed by atoms with Crippen LogP contribution in [0.2, 0.25) is 0 Å². The molecule has 10 nitrogen and oxygen atoms in total. The zero-order valence-corrected chi connectivity index (χ0v) is 17.3. The smallest absolute Gasteiger partial charge is 1.00 e. The number of ether oxygens (including phenoxy) is 1. The van der Waals surface area contributed by atoms with Crippen LogP contribution in [0, 0.1) is 0 Å². The second-order valence-corrected chi connectivity index (χ2v) is 5.70. The summed E-state index contributed by atoms with van der Waals surface area (Å²) in [5.74, 6) is 0.00185. The zero-order valence-electron chi connectivity index (χ0n) is 14.4. The average Bonchev–Trinajstić information content (AvgIpc) is 2.70. The molecular weight excluding hydrogens is 335 g/mol. The van der Waals surface area contributed by atoms with Crippen molar-refractivity contribution in [1.29, 1.82) is 0 Å². The normalized spacial score (nSPS) is 11.0. The van der Waals surface area contributed by atoms with Gasteiger partial charge in [0.15, 0.2) is 11.2 Å². The van der Waals surface area contributed by atoms with Crippen molar-refractivity contribution in [3.63, 3.8) is 0 Å². The Hall–Kier alpha value is 0.260. The van der Waals surface area contributed by atoms with E-state index in [2.05, 4.69) is 15.0 Å². The third-order valence-electron chi connectivity index (χ3n) is 2.44. The minimum absolute atomic E-state index is 0. The van der Waals surface area contributed by atoms with Crippen LogP contribution in [-0.2, 0) is 15.8 Å². The molecule has 22 heavy (non-hydrogen) atoms. The summed E-state index contributed by atoms with van der Waals surface area (Å²) in [7, 11) is -4.13. The van der Waals surface area contributed by atoms with Crippen LogP contribution in [0.15, 0.2) is 11.1 Å². The molecule has 0 aromatic carbocycles. The van der Waals surface area contributed by atoms with E-state index >= 15 is 0 Å². The number of nitrogen functional groups attached to an aromatic ring is 1. The van der Waals surface area contributed by atoms with E-state index in [1.165, 1.54) is 6.33 Å². The van der Waals surface area contributed by atoms with Gasteiger partial charge in [-0.25, -0.2) is 4.98 Å². The summed E-state index contributed by atoms with van der Waals surface area (Å²) in [5.41, 5.74) is 5.60. The van der Waals surface area contributed by atoms with Gasteiger partial charge in [-0.3, -0.25) is 14.3 Å². The van der Waals surface area contributed by atoms with E-state index in [4.69, 9.17) is 20.3 Å².